The molecule has 4 atom stereocenters. The number of hydrogen-bond donors (Lipinski definition) is 2. The number of methoxy groups -OCH3 is 1. The van der Waals surface area contributed by atoms with Crippen molar-refractivity contribution in [2.45, 2.75) is 50.4 Å². The second-order valence-corrected chi connectivity index (χ2v) is 11.5. The molecule has 1 spiro atoms. The van der Waals surface area contributed by atoms with Gasteiger partial charge in [-0.2, -0.15) is 5.10 Å². The van der Waals surface area contributed by atoms with E-state index in [0.717, 1.165) is 70.8 Å². The van der Waals surface area contributed by atoms with Gasteiger partial charge in [0.05, 0.1) is 35.9 Å². The van der Waals surface area contributed by atoms with Gasteiger partial charge in [-0.25, -0.2) is 0 Å². The Kier molecular flexibility index (Phi) is 6.02. The van der Waals surface area contributed by atoms with E-state index in [1.807, 2.05) is 18.2 Å². The summed E-state index contributed by atoms with van der Waals surface area (Å²) in [6.07, 6.45) is 5.52. The number of fused-ring (bicyclic) bond motifs is 3. The second kappa shape index (κ2) is 9.61. The van der Waals surface area contributed by atoms with Gasteiger partial charge in [-0.15, -0.1) is 0 Å². The van der Waals surface area contributed by atoms with Crippen molar-refractivity contribution in [1.29, 1.82) is 0 Å². The maximum Gasteiger partial charge on any atom is 0.235 e. The number of ether oxygens (including phenoxy) is 2. The standard InChI is InChI=1S/C33H34N4O3/c1-20-17-37(18-21(2)40-20)19-23-6-4-22(5-7-23)8-12-29-26-11-9-24(14-31(26)36-35-29)28-16-33(28)27-15-25(39-3)10-13-30(27)34-32(33)38/h4-15,20-21,28H,16-19H2,1-3H3,(H,34,38)(H,35,36)/b12-8+/t20-,21+,28-,33?/m0/s1. The summed E-state index contributed by atoms with van der Waals surface area (Å²) in [5.74, 6) is 0.987. The van der Waals surface area contributed by atoms with E-state index in [9.17, 15) is 4.79 Å². The van der Waals surface area contributed by atoms with Crippen LogP contribution >= 0.6 is 0 Å². The lowest BCUT2D eigenvalue weighted by Gasteiger charge is -2.35. The molecule has 3 aromatic carbocycles. The van der Waals surface area contributed by atoms with Crippen LogP contribution in [0.5, 0.6) is 5.75 Å². The van der Waals surface area contributed by atoms with Crippen LogP contribution in [0.25, 0.3) is 23.1 Å². The number of benzene rings is 3. The molecular weight excluding hydrogens is 500 g/mol. The van der Waals surface area contributed by atoms with Gasteiger partial charge in [0.15, 0.2) is 0 Å². The van der Waals surface area contributed by atoms with E-state index in [1.165, 1.54) is 5.56 Å². The summed E-state index contributed by atoms with van der Waals surface area (Å²) in [7, 11) is 1.66. The largest absolute Gasteiger partial charge is 0.497 e. The molecule has 1 aromatic heterocycles. The molecule has 1 unspecified atom stereocenters. The minimum absolute atomic E-state index is 0.0779. The van der Waals surface area contributed by atoms with Crippen molar-refractivity contribution in [3.8, 4) is 5.75 Å². The van der Waals surface area contributed by atoms with Gasteiger partial charge in [0.2, 0.25) is 5.91 Å². The van der Waals surface area contributed by atoms with Crippen LogP contribution in [0.2, 0.25) is 0 Å². The van der Waals surface area contributed by atoms with Crippen molar-refractivity contribution < 1.29 is 14.3 Å². The van der Waals surface area contributed by atoms with Crippen molar-refractivity contribution in [2.75, 3.05) is 25.5 Å². The van der Waals surface area contributed by atoms with Crippen LogP contribution in [-0.4, -0.2) is 53.4 Å². The molecule has 1 saturated carbocycles. The first kappa shape index (κ1) is 25.1. The van der Waals surface area contributed by atoms with Gasteiger partial charge in [0.1, 0.15) is 5.75 Å². The van der Waals surface area contributed by atoms with Gasteiger partial charge in [0, 0.05) is 36.6 Å². The predicted molar refractivity (Wildman–Crippen MR) is 157 cm³/mol. The van der Waals surface area contributed by atoms with Gasteiger partial charge in [-0.3, -0.25) is 14.8 Å². The number of anilines is 1. The van der Waals surface area contributed by atoms with E-state index < -0.39 is 5.41 Å². The average Bonchev–Trinajstić information content (AvgIpc) is 3.48. The first-order chi connectivity index (χ1) is 19.4. The molecule has 2 N–H and O–H groups in total. The fourth-order valence-electron chi connectivity index (χ4n) is 6.68. The summed E-state index contributed by atoms with van der Waals surface area (Å²) in [5, 5.41) is 11.9. The number of hydrogen-bond acceptors (Lipinski definition) is 5. The Hall–Kier alpha value is -3.94. The molecule has 7 nitrogen and oxygen atoms in total. The molecular formula is C33H34N4O3. The molecule has 0 radical (unpaired) electrons. The Morgan fingerprint density at radius 3 is 2.62 bits per heavy atom. The van der Waals surface area contributed by atoms with E-state index >= 15 is 0 Å². The molecule has 0 bridgehead atoms. The summed E-state index contributed by atoms with van der Waals surface area (Å²) in [6, 6.07) is 21.0. The lowest BCUT2D eigenvalue weighted by molar-refractivity contribution is -0.118. The summed E-state index contributed by atoms with van der Waals surface area (Å²) in [5.41, 5.74) is 6.90. The number of rotatable bonds is 6. The van der Waals surface area contributed by atoms with Crippen LogP contribution in [0, 0.1) is 0 Å². The maximum absolute atomic E-state index is 13.0. The fraction of sp³-hybridized carbons (Fsp3) is 0.333. The van der Waals surface area contributed by atoms with Crippen molar-refractivity contribution in [2.24, 2.45) is 0 Å². The normalized spacial score (nSPS) is 26.0. The molecule has 1 saturated heterocycles. The lowest BCUT2D eigenvalue weighted by atomic mass is 9.91. The number of amides is 1. The van der Waals surface area contributed by atoms with Gasteiger partial charge < -0.3 is 14.8 Å². The Labute approximate surface area is 234 Å². The summed E-state index contributed by atoms with van der Waals surface area (Å²) < 4.78 is 11.3. The van der Waals surface area contributed by atoms with Gasteiger partial charge in [0.25, 0.3) is 0 Å². The Bertz CT molecular complexity index is 1610. The highest BCUT2D eigenvalue weighted by molar-refractivity contribution is 6.10. The quantitative estimate of drug-likeness (QED) is 0.330. The van der Waals surface area contributed by atoms with Gasteiger partial charge >= 0.3 is 0 Å². The lowest BCUT2D eigenvalue weighted by Crippen LogP contribution is -2.44. The SMILES string of the molecule is COc1ccc2c(c1)C1(C[C@H]1c1ccc3c(/C=C/c4ccc(CN5C[C@@H](C)O[C@@H](C)C5)cc4)n[nH]c3c1)C(=O)N2. The average molecular weight is 535 g/mol. The topological polar surface area (TPSA) is 79.5 Å². The van der Waals surface area contributed by atoms with Gasteiger partial charge in [-0.1, -0.05) is 42.5 Å². The van der Waals surface area contributed by atoms with E-state index in [2.05, 4.69) is 88.9 Å². The molecule has 3 heterocycles. The first-order valence-electron chi connectivity index (χ1n) is 14.1. The first-order valence-corrected chi connectivity index (χ1v) is 14.1. The number of carbonyl (C=O) groups is 1. The second-order valence-electron chi connectivity index (χ2n) is 11.5. The third kappa shape index (κ3) is 4.30. The van der Waals surface area contributed by atoms with E-state index in [4.69, 9.17) is 9.47 Å². The third-order valence-corrected chi connectivity index (χ3v) is 8.66. The molecule has 4 aromatic rings. The number of carbonyl (C=O) groups excluding carboxylic acids is 1. The zero-order chi connectivity index (χ0) is 27.4. The van der Waals surface area contributed by atoms with Crippen LogP contribution in [0.15, 0.2) is 60.7 Å². The number of aromatic amines is 1. The van der Waals surface area contributed by atoms with Crippen molar-refractivity contribution in [1.82, 2.24) is 15.1 Å². The smallest absolute Gasteiger partial charge is 0.235 e. The highest BCUT2D eigenvalue weighted by Gasteiger charge is 2.65. The van der Waals surface area contributed by atoms with E-state index in [0.29, 0.717) is 0 Å². The van der Waals surface area contributed by atoms with Crippen LogP contribution in [0.1, 0.15) is 54.1 Å². The number of nitrogens with one attached hydrogen (secondary N) is 2. The molecule has 2 aliphatic heterocycles. The Morgan fingerprint density at radius 1 is 1.05 bits per heavy atom. The minimum Gasteiger partial charge on any atom is -0.497 e. The Balaban J connectivity index is 1.06. The fourth-order valence-corrected chi connectivity index (χ4v) is 6.68. The summed E-state index contributed by atoms with van der Waals surface area (Å²) in [4.78, 5) is 15.5. The zero-order valence-electron chi connectivity index (χ0n) is 23.1. The molecule has 2 fully saturated rings. The Morgan fingerprint density at radius 2 is 1.85 bits per heavy atom. The number of nitrogens with zero attached hydrogens (tertiary/aromatic N) is 2. The molecule has 204 valence electrons. The summed E-state index contributed by atoms with van der Waals surface area (Å²) >= 11 is 0. The van der Waals surface area contributed by atoms with Crippen molar-refractivity contribution in [3.05, 3.63) is 88.6 Å². The molecule has 7 rings (SSSR count). The van der Waals surface area contributed by atoms with Crippen molar-refractivity contribution in [3.63, 3.8) is 0 Å². The summed E-state index contributed by atoms with van der Waals surface area (Å²) in [6.45, 7) is 7.16. The molecule has 40 heavy (non-hydrogen) atoms. The molecule has 3 aliphatic rings. The molecule has 7 heteroatoms. The van der Waals surface area contributed by atoms with E-state index in [-0.39, 0.29) is 24.0 Å². The number of H-pyrrole nitrogens is 1. The van der Waals surface area contributed by atoms with E-state index in [1.54, 1.807) is 7.11 Å². The highest BCUT2D eigenvalue weighted by Crippen LogP contribution is 2.65. The molecule has 1 aliphatic carbocycles. The van der Waals surface area contributed by atoms with Crippen LogP contribution < -0.4 is 10.1 Å². The van der Waals surface area contributed by atoms with Crippen molar-refractivity contribution >= 4 is 34.6 Å². The van der Waals surface area contributed by atoms with Crippen LogP contribution in [0.3, 0.4) is 0 Å². The predicted octanol–water partition coefficient (Wildman–Crippen LogP) is 5.73. The zero-order valence-corrected chi connectivity index (χ0v) is 23.1. The van der Waals surface area contributed by atoms with Crippen LogP contribution in [-0.2, 0) is 21.5 Å². The number of aromatic nitrogens is 2. The number of morpholine rings is 1. The highest BCUT2D eigenvalue weighted by atomic mass is 16.5. The third-order valence-electron chi connectivity index (χ3n) is 8.66. The van der Waals surface area contributed by atoms with Gasteiger partial charge in [-0.05, 0) is 72.9 Å². The molecule has 1 amide bonds. The minimum atomic E-state index is -0.509. The van der Waals surface area contributed by atoms with Crippen LogP contribution in [0.4, 0.5) is 5.69 Å². The maximum atomic E-state index is 13.0. The monoisotopic (exact) mass is 534 g/mol.